The number of ether oxygens (including phenoxy) is 2. The molecule has 0 atom stereocenters. The smallest absolute Gasteiger partial charge is 0.407 e. The Morgan fingerprint density at radius 1 is 1.07 bits per heavy atom. The molecule has 2 rings (SSSR count). The van der Waals surface area contributed by atoms with Crippen molar-refractivity contribution in [3.8, 4) is 5.75 Å². The molecule has 10 heteroatoms. The summed E-state index contributed by atoms with van der Waals surface area (Å²) in [4.78, 5) is 23.8. The average molecular weight is 436 g/mol. The van der Waals surface area contributed by atoms with Gasteiger partial charge < -0.3 is 20.1 Å². The first kappa shape index (κ1) is 23.0. The highest BCUT2D eigenvalue weighted by atomic mass is 32.2. The average Bonchev–Trinajstić information content (AvgIpc) is 2.69. The second-order valence-electron chi connectivity index (χ2n) is 6.43. The molecule has 0 bridgehead atoms. The summed E-state index contributed by atoms with van der Waals surface area (Å²) in [6.45, 7) is 0.457. The largest absolute Gasteiger partial charge is 0.495 e. The molecule has 0 unspecified atom stereocenters. The van der Waals surface area contributed by atoms with Gasteiger partial charge in [0, 0.05) is 18.7 Å². The molecule has 2 amide bonds. The van der Waals surface area contributed by atoms with Gasteiger partial charge in [0.2, 0.25) is 15.9 Å². The third kappa shape index (κ3) is 8.39. The van der Waals surface area contributed by atoms with Crippen molar-refractivity contribution in [1.29, 1.82) is 0 Å². The highest BCUT2D eigenvalue weighted by molar-refractivity contribution is 7.92. The maximum Gasteiger partial charge on any atom is 0.407 e. The van der Waals surface area contributed by atoms with E-state index in [1.165, 1.54) is 13.2 Å². The Labute approximate surface area is 175 Å². The predicted octanol–water partition coefficient (Wildman–Crippen LogP) is 2.71. The number of sulfonamides is 1. The Bertz CT molecular complexity index is 964. The molecule has 2 aromatic carbocycles. The third-order valence-electron chi connectivity index (χ3n) is 3.84. The molecule has 0 radical (unpaired) electrons. The Morgan fingerprint density at radius 3 is 2.47 bits per heavy atom. The summed E-state index contributed by atoms with van der Waals surface area (Å²) in [6.07, 6.45) is 1.05. The number of benzene rings is 2. The summed E-state index contributed by atoms with van der Waals surface area (Å²) in [5.74, 6) is 0.0570. The molecular formula is C20H25N3O6S. The van der Waals surface area contributed by atoms with E-state index in [0.717, 1.165) is 11.8 Å². The number of nitrogens with one attached hydrogen (secondary N) is 3. The fourth-order valence-corrected chi connectivity index (χ4v) is 3.06. The fraction of sp³-hybridized carbons (Fsp3) is 0.300. The van der Waals surface area contributed by atoms with Gasteiger partial charge in [0.05, 0.1) is 19.1 Å². The molecular weight excluding hydrogens is 410 g/mol. The quantitative estimate of drug-likeness (QED) is 0.493. The number of hydrogen-bond donors (Lipinski definition) is 3. The number of anilines is 2. The molecule has 0 aliphatic carbocycles. The molecule has 2 aromatic rings. The number of alkyl carbamates (subject to hydrolysis) is 1. The van der Waals surface area contributed by atoms with Gasteiger partial charge in [-0.15, -0.1) is 0 Å². The van der Waals surface area contributed by atoms with E-state index in [1.807, 2.05) is 30.3 Å². The lowest BCUT2D eigenvalue weighted by atomic mass is 10.2. The summed E-state index contributed by atoms with van der Waals surface area (Å²) in [5.41, 5.74) is 1.53. The highest BCUT2D eigenvalue weighted by Gasteiger charge is 2.11. The standard InChI is InChI=1S/C20H25N3O6S/c1-28-18-11-10-16(13-17(18)23-30(2,26)27)22-19(24)9-6-12-21-20(25)29-14-15-7-4-3-5-8-15/h3-5,7-8,10-11,13,23H,6,9,12,14H2,1-2H3,(H,21,25)(H,22,24). The third-order valence-corrected chi connectivity index (χ3v) is 4.43. The van der Waals surface area contributed by atoms with Crippen LogP contribution in [0.4, 0.5) is 16.2 Å². The number of carbonyl (C=O) groups is 2. The molecule has 9 nitrogen and oxygen atoms in total. The molecule has 0 heterocycles. The van der Waals surface area contributed by atoms with Gasteiger partial charge in [-0.1, -0.05) is 30.3 Å². The summed E-state index contributed by atoms with van der Waals surface area (Å²) < 4.78 is 35.5. The van der Waals surface area contributed by atoms with Crippen LogP contribution in [0.5, 0.6) is 5.75 Å². The van der Waals surface area contributed by atoms with Crippen LogP contribution in [0, 0.1) is 0 Å². The van der Waals surface area contributed by atoms with Crippen molar-refractivity contribution in [3.63, 3.8) is 0 Å². The van der Waals surface area contributed by atoms with Crippen LogP contribution in [0.15, 0.2) is 48.5 Å². The Morgan fingerprint density at radius 2 is 1.80 bits per heavy atom. The predicted molar refractivity (Wildman–Crippen MR) is 114 cm³/mol. The van der Waals surface area contributed by atoms with Crippen LogP contribution in [-0.2, 0) is 26.2 Å². The molecule has 0 saturated heterocycles. The summed E-state index contributed by atoms with van der Waals surface area (Å²) in [6, 6.07) is 13.9. The number of amides is 2. The molecule has 0 spiro atoms. The highest BCUT2D eigenvalue weighted by Crippen LogP contribution is 2.28. The van der Waals surface area contributed by atoms with Gasteiger partial charge in [-0.2, -0.15) is 0 Å². The van der Waals surface area contributed by atoms with Gasteiger partial charge >= 0.3 is 6.09 Å². The van der Waals surface area contributed by atoms with E-state index < -0.39 is 16.1 Å². The van der Waals surface area contributed by atoms with Crippen LogP contribution >= 0.6 is 0 Å². The lowest BCUT2D eigenvalue weighted by Gasteiger charge is -2.12. The van der Waals surface area contributed by atoms with Crippen molar-refractivity contribution in [2.24, 2.45) is 0 Å². The topological polar surface area (TPSA) is 123 Å². The SMILES string of the molecule is COc1ccc(NC(=O)CCCNC(=O)OCc2ccccc2)cc1NS(C)(=O)=O. The molecule has 0 aromatic heterocycles. The van der Waals surface area contributed by atoms with Crippen molar-refractivity contribution in [2.75, 3.05) is 29.9 Å². The summed E-state index contributed by atoms with van der Waals surface area (Å²) in [7, 11) is -2.08. The summed E-state index contributed by atoms with van der Waals surface area (Å²) in [5, 5.41) is 5.27. The van der Waals surface area contributed by atoms with Gasteiger partial charge in [-0.05, 0) is 30.2 Å². The second-order valence-corrected chi connectivity index (χ2v) is 8.18. The van der Waals surface area contributed by atoms with E-state index in [9.17, 15) is 18.0 Å². The zero-order valence-electron chi connectivity index (χ0n) is 16.8. The van der Waals surface area contributed by atoms with E-state index in [4.69, 9.17) is 9.47 Å². The first-order valence-electron chi connectivity index (χ1n) is 9.17. The van der Waals surface area contributed by atoms with E-state index in [1.54, 1.807) is 12.1 Å². The molecule has 0 aliphatic heterocycles. The van der Waals surface area contributed by atoms with Gasteiger partial charge in [-0.3, -0.25) is 9.52 Å². The van der Waals surface area contributed by atoms with Crippen LogP contribution in [0.25, 0.3) is 0 Å². The molecule has 0 fully saturated rings. The minimum Gasteiger partial charge on any atom is -0.495 e. The van der Waals surface area contributed by atoms with Gasteiger partial charge in [0.25, 0.3) is 0 Å². The van der Waals surface area contributed by atoms with E-state index in [2.05, 4.69) is 15.4 Å². The van der Waals surface area contributed by atoms with Crippen LogP contribution < -0.4 is 20.1 Å². The van der Waals surface area contributed by atoms with Crippen molar-refractivity contribution >= 4 is 33.4 Å². The number of hydrogen-bond acceptors (Lipinski definition) is 6. The lowest BCUT2D eigenvalue weighted by molar-refractivity contribution is -0.116. The van der Waals surface area contributed by atoms with Crippen molar-refractivity contribution in [3.05, 3.63) is 54.1 Å². The number of rotatable bonds is 10. The van der Waals surface area contributed by atoms with E-state index >= 15 is 0 Å². The van der Waals surface area contributed by atoms with Gasteiger partial charge in [-0.25, -0.2) is 13.2 Å². The van der Waals surface area contributed by atoms with Crippen LogP contribution in [-0.4, -0.2) is 40.3 Å². The van der Waals surface area contributed by atoms with E-state index in [0.29, 0.717) is 17.9 Å². The van der Waals surface area contributed by atoms with Crippen LogP contribution in [0.3, 0.4) is 0 Å². The maximum atomic E-state index is 12.1. The van der Waals surface area contributed by atoms with Crippen molar-refractivity contribution in [2.45, 2.75) is 19.4 Å². The first-order valence-corrected chi connectivity index (χ1v) is 11.1. The Hall–Kier alpha value is -3.27. The van der Waals surface area contributed by atoms with Gasteiger partial charge in [0.15, 0.2) is 0 Å². The fourth-order valence-electron chi connectivity index (χ4n) is 2.50. The number of methoxy groups -OCH3 is 1. The zero-order valence-corrected chi connectivity index (χ0v) is 17.6. The lowest BCUT2D eigenvalue weighted by Crippen LogP contribution is -2.26. The Kier molecular flexibility index (Phi) is 8.48. The van der Waals surface area contributed by atoms with Gasteiger partial charge in [0.1, 0.15) is 12.4 Å². The molecule has 30 heavy (non-hydrogen) atoms. The molecule has 0 aliphatic rings. The van der Waals surface area contributed by atoms with Crippen LogP contribution in [0.2, 0.25) is 0 Å². The zero-order chi connectivity index (χ0) is 22.0. The summed E-state index contributed by atoms with van der Waals surface area (Å²) >= 11 is 0. The van der Waals surface area contributed by atoms with Crippen molar-refractivity contribution < 1.29 is 27.5 Å². The second kappa shape index (κ2) is 11.1. The Balaban J connectivity index is 1.74. The minimum absolute atomic E-state index is 0.167. The molecule has 162 valence electrons. The molecule has 0 saturated carbocycles. The van der Waals surface area contributed by atoms with Crippen LogP contribution in [0.1, 0.15) is 18.4 Å². The normalized spacial score (nSPS) is 10.7. The molecule has 3 N–H and O–H groups in total. The minimum atomic E-state index is -3.50. The maximum absolute atomic E-state index is 12.1. The number of carbonyl (C=O) groups excluding carboxylic acids is 2. The monoisotopic (exact) mass is 435 g/mol. The first-order chi connectivity index (χ1) is 14.3. The van der Waals surface area contributed by atoms with E-state index in [-0.39, 0.29) is 31.2 Å². The van der Waals surface area contributed by atoms with Crippen molar-refractivity contribution in [1.82, 2.24) is 5.32 Å².